The number of aryl methyl sites for hydroxylation is 2. The third-order valence-electron chi connectivity index (χ3n) is 5.02. The van der Waals surface area contributed by atoms with Crippen LogP contribution in [0.25, 0.3) is 28.0 Å². The van der Waals surface area contributed by atoms with E-state index in [1.165, 1.54) is 4.57 Å². The molecule has 1 aromatic carbocycles. The number of H-pyrrole nitrogens is 1. The molecule has 8 heteroatoms. The number of benzene rings is 1. The molecule has 0 atom stereocenters. The maximum Gasteiger partial charge on any atom is 0.274 e. The molecule has 0 fully saturated rings. The second-order valence-corrected chi connectivity index (χ2v) is 7.21. The molecule has 8 nitrogen and oxygen atoms in total. The molecule has 0 saturated heterocycles. The number of carbonyl (C=O) groups is 1. The van der Waals surface area contributed by atoms with Gasteiger partial charge in [-0.2, -0.15) is 0 Å². The highest BCUT2D eigenvalue weighted by Gasteiger charge is 2.20. The number of fused-ring (bicyclic) bond motifs is 1. The Balaban J connectivity index is 1.98. The lowest BCUT2D eigenvalue weighted by Gasteiger charge is -2.10. The predicted octanol–water partition coefficient (Wildman–Crippen LogP) is 2.27. The van der Waals surface area contributed by atoms with Crippen LogP contribution in [0.5, 0.6) is 0 Å². The first kappa shape index (κ1) is 19.7. The Labute approximate surface area is 172 Å². The van der Waals surface area contributed by atoms with E-state index in [2.05, 4.69) is 15.3 Å². The van der Waals surface area contributed by atoms with Crippen LogP contribution in [0.1, 0.15) is 28.7 Å². The summed E-state index contributed by atoms with van der Waals surface area (Å²) in [6.07, 6.45) is 3.47. The lowest BCUT2D eigenvalue weighted by molar-refractivity contribution is 0.0951. The Hall–Kier alpha value is -3.65. The summed E-state index contributed by atoms with van der Waals surface area (Å²) in [5.74, 6) is 0.296. The predicted molar refractivity (Wildman–Crippen MR) is 115 cm³/mol. The fourth-order valence-corrected chi connectivity index (χ4v) is 3.49. The van der Waals surface area contributed by atoms with Crippen molar-refractivity contribution < 1.29 is 9.90 Å². The first-order valence-corrected chi connectivity index (χ1v) is 9.70. The number of hydrogen-bond acceptors (Lipinski definition) is 4. The molecular weight excluding hydrogens is 382 g/mol. The van der Waals surface area contributed by atoms with Gasteiger partial charge in [0.05, 0.1) is 12.3 Å². The van der Waals surface area contributed by atoms with Gasteiger partial charge in [-0.05, 0) is 32.0 Å². The zero-order valence-corrected chi connectivity index (χ0v) is 17.1. The lowest BCUT2D eigenvalue weighted by Crippen LogP contribution is -2.23. The fraction of sp³-hybridized carbons (Fsp3) is 0.227. The molecule has 154 valence electrons. The van der Waals surface area contributed by atoms with Crippen molar-refractivity contribution in [3.8, 4) is 17.1 Å². The van der Waals surface area contributed by atoms with Gasteiger partial charge in [-0.1, -0.05) is 17.7 Å². The molecule has 4 aromatic rings. The normalized spacial score (nSPS) is 11.2. The Bertz CT molecular complexity index is 1300. The van der Waals surface area contributed by atoms with Crippen LogP contribution in [0, 0.1) is 6.92 Å². The first-order chi connectivity index (χ1) is 14.4. The van der Waals surface area contributed by atoms with E-state index in [1.807, 2.05) is 42.7 Å². The molecule has 0 radical (unpaired) electrons. The standard InChI is InChI=1S/C22H23N5O3/c1-4-23-21(29)18-9-16-17(11-26(3)22(30)19(16)25-18)20-24-14(12-28)10-27(20)15-7-5-13(2)6-8-15/h5-11,25,28H,4,12H2,1-3H3,(H,23,29). The van der Waals surface area contributed by atoms with Crippen LogP contribution in [0.2, 0.25) is 0 Å². The number of imidazole rings is 1. The molecule has 0 aliphatic heterocycles. The molecule has 1 amide bonds. The van der Waals surface area contributed by atoms with E-state index in [1.54, 1.807) is 25.5 Å². The first-order valence-electron chi connectivity index (χ1n) is 9.70. The molecule has 3 heterocycles. The highest BCUT2D eigenvalue weighted by molar-refractivity contribution is 6.02. The number of nitrogens with one attached hydrogen (secondary N) is 2. The van der Waals surface area contributed by atoms with Crippen molar-refractivity contribution in [3.63, 3.8) is 0 Å². The summed E-state index contributed by atoms with van der Waals surface area (Å²) in [4.78, 5) is 32.6. The van der Waals surface area contributed by atoms with Crippen molar-refractivity contribution in [2.75, 3.05) is 6.54 Å². The topological polar surface area (TPSA) is 105 Å². The number of carbonyl (C=O) groups excluding carboxylic acids is 1. The highest BCUT2D eigenvalue weighted by Crippen LogP contribution is 2.29. The quantitative estimate of drug-likeness (QED) is 0.474. The molecule has 0 aliphatic rings. The van der Waals surface area contributed by atoms with Gasteiger partial charge in [0.1, 0.15) is 17.0 Å². The van der Waals surface area contributed by atoms with Gasteiger partial charge in [0.25, 0.3) is 11.5 Å². The second-order valence-electron chi connectivity index (χ2n) is 7.21. The van der Waals surface area contributed by atoms with E-state index in [0.717, 1.165) is 11.3 Å². The molecule has 30 heavy (non-hydrogen) atoms. The number of aromatic amines is 1. The van der Waals surface area contributed by atoms with Gasteiger partial charge in [0, 0.05) is 42.6 Å². The van der Waals surface area contributed by atoms with Crippen LogP contribution < -0.4 is 10.9 Å². The van der Waals surface area contributed by atoms with Crippen LogP contribution in [-0.4, -0.2) is 36.7 Å². The van der Waals surface area contributed by atoms with Crippen LogP contribution in [0.3, 0.4) is 0 Å². The lowest BCUT2D eigenvalue weighted by atomic mass is 10.1. The van der Waals surface area contributed by atoms with E-state index < -0.39 is 0 Å². The summed E-state index contributed by atoms with van der Waals surface area (Å²) in [5, 5.41) is 13.0. The Morgan fingerprint density at radius 2 is 1.97 bits per heavy atom. The van der Waals surface area contributed by atoms with E-state index in [9.17, 15) is 14.7 Å². The summed E-state index contributed by atoms with van der Waals surface area (Å²) >= 11 is 0. The maximum atomic E-state index is 12.7. The van der Waals surface area contributed by atoms with Gasteiger partial charge < -0.3 is 20.0 Å². The van der Waals surface area contributed by atoms with Crippen LogP contribution in [0.15, 0.2) is 47.5 Å². The van der Waals surface area contributed by atoms with Crippen molar-refractivity contribution in [1.82, 2.24) is 24.4 Å². The summed E-state index contributed by atoms with van der Waals surface area (Å²) in [6, 6.07) is 9.61. The van der Waals surface area contributed by atoms with Crippen molar-refractivity contribution in [3.05, 3.63) is 70.0 Å². The number of aromatic nitrogens is 4. The van der Waals surface area contributed by atoms with Gasteiger partial charge >= 0.3 is 0 Å². The van der Waals surface area contributed by atoms with Gasteiger partial charge in [0.2, 0.25) is 0 Å². The average Bonchev–Trinajstić information content (AvgIpc) is 3.37. The van der Waals surface area contributed by atoms with Crippen molar-refractivity contribution in [1.29, 1.82) is 0 Å². The van der Waals surface area contributed by atoms with Crippen LogP contribution in [-0.2, 0) is 13.7 Å². The molecule has 4 rings (SSSR count). The zero-order chi connectivity index (χ0) is 21.4. The number of hydrogen-bond donors (Lipinski definition) is 3. The van der Waals surface area contributed by atoms with Gasteiger partial charge in [-0.25, -0.2) is 4.98 Å². The molecule has 0 saturated carbocycles. The van der Waals surface area contributed by atoms with E-state index in [0.29, 0.717) is 40.2 Å². The van der Waals surface area contributed by atoms with Crippen molar-refractivity contribution in [2.24, 2.45) is 7.05 Å². The van der Waals surface area contributed by atoms with Crippen LogP contribution >= 0.6 is 0 Å². The number of pyridine rings is 1. The molecule has 0 bridgehead atoms. The zero-order valence-electron chi connectivity index (χ0n) is 17.1. The Kier molecular flexibility index (Phi) is 5.01. The minimum absolute atomic E-state index is 0.210. The minimum Gasteiger partial charge on any atom is -0.390 e. The molecule has 0 unspecified atom stereocenters. The number of aliphatic hydroxyl groups is 1. The summed E-state index contributed by atoms with van der Waals surface area (Å²) in [5.41, 5.74) is 3.60. The second kappa shape index (κ2) is 7.64. The maximum absolute atomic E-state index is 12.7. The number of aliphatic hydroxyl groups excluding tert-OH is 1. The van der Waals surface area contributed by atoms with Crippen molar-refractivity contribution in [2.45, 2.75) is 20.5 Å². The van der Waals surface area contributed by atoms with E-state index >= 15 is 0 Å². The van der Waals surface area contributed by atoms with Gasteiger partial charge in [-0.3, -0.25) is 14.2 Å². The molecule has 0 aliphatic carbocycles. The number of nitrogens with zero attached hydrogens (tertiary/aromatic N) is 3. The fourth-order valence-electron chi connectivity index (χ4n) is 3.49. The van der Waals surface area contributed by atoms with Crippen molar-refractivity contribution >= 4 is 16.8 Å². The van der Waals surface area contributed by atoms with E-state index in [4.69, 9.17) is 0 Å². The smallest absolute Gasteiger partial charge is 0.274 e. The Morgan fingerprint density at radius 1 is 1.23 bits per heavy atom. The summed E-state index contributed by atoms with van der Waals surface area (Å²) < 4.78 is 3.34. The third-order valence-corrected chi connectivity index (χ3v) is 5.02. The molecule has 3 aromatic heterocycles. The Morgan fingerprint density at radius 3 is 2.63 bits per heavy atom. The monoisotopic (exact) mass is 405 g/mol. The number of rotatable bonds is 5. The molecule has 3 N–H and O–H groups in total. The number of amides is 1. The van der Waals surface area contributed by atoms with Gasteiger partial charge in [-0.15, -0.1) is 0 Å². The third kappa shape index (κ3) is 3.31. The minimum atomic E-state index is -0.278. The van der Waals surface area contributed by atoms with Crippen LogP contribution in [0.4, 0.5) is 0 Å². The van der Waals surface area contributed by atoms with E-state index in [-0.39, 0.29) is 18.1 Å². The molecular formula is C22H23N5O3. The SMILES string of the molecule is CCNC(=O)c1cc2c(-c3nc(CO)cn3-c3ccc(C)cc3)cn(C)c(=O)c2[nH]1. The average molecular weight is 405 g/mol. The summed E-state index contributed by atoms with van der Waals surface area (Å²) in [6.45, 7) is 4.12. The molecule has 0 spiro atoms. The highest BCUT2D eigenvalue weighted by atomic mass is 16.3. The summed E-state index contributed by atoms with van der Waals surface area (Å²) in [7, 11) is 1.66. The van der Waals surface area contributed by atoms with Gasteiger partial charge in [0.15, 0.2) is 0 Å². The largest absolute Gasteiger partial charge is 0.390 e.